The normalized spacial score (nSPS) is 10.8. The highest BCUT2D eigenvalue weighted by Crippen LogP contribution is 2.18. The second-order valence-electron chi connectivity index (χ2n) is 6.81. The van der Waals surface area contributed by atoms with Crippen molar-refractivity contribution in [1.82, 2.24) is 19.1 Å². The zero-order valence-corrected chi connectivity index (χ0v) is 16.7. The molecule has 2 aromatic heterocycles. The fourth-order valence-corrected chi connectivity index (χ4v) is 3.23. The third-order valence-electron chi connectivity index (χ3n) is 4.92. The van der Waals surface area contributed by atoms with E-state index in [1.54, 1.807) is 36.9 Å². The Morgan fingerprint density at radius 2 is 1.77 bits per heavy atom. The maximum atomic E-state index is 12.9. The second kappa shape index (κ2) is 7.75. The van der Waals surface area contributed by atoms with Crippen molar-refractivity contribution < 1.29 is 9.72 Å². The van der Waals surface area contributed by atoms with E-state index >= 15 is 0 Å². The third kappa shape index (κ3) is 3.62. The van der Waals surface area contributed by atoms with E-state index in [1.165, 1.54) is 39.8 Å². The van der Waals surface area contributed by atoms with Gasteiger partial charge < -0.3 is 5.32 Å². The monoisotopic (exact) mass is 418 g/mol. The molecule has 0 aliphatic heterocycles. The van der Waals surface area contributed by atoms with E-state index < -0.39 is 10.8 Å². The lowest BCUT2D eigenvalue weighted by Gasteiger charge is -2.07. The number of rotatable bonds is 5. The molecule has 0 unspecified atom stereocenters. The lowest BCUT2D eigenvalue weighted by molar-refractivity contribution is -0.384. The number of benzene rings is 2. The Balaban J connectivity index is 1.63. The number of nitrogens with one attached hydrogen (secondary N) is 1. The number of aromatic nitrogens is 4. The molecule has 0 spiro atoms. The zero-order chi connectivity index (χ0) is 22.1. The van der Waals surface area contributed by atoms with E-state index in [0.717, 1.165) is 0 Å². The van der Waals surface area contributed by atoms with Gasteiger partial charge >= 0.3 is 0 Å². The van der Waals surface area contributed by atoms with Gasteiger partial charge in [0.1, 0.15) is 5.69 Å². The quantitative estimate of drug-likeness (QED) is 0.395. The Bertz CT molecular complexity index is 1350. The first kappa shape index (κ1) is 19.8. The van der Waals surface area contributed by atoms with Crippen LogP contribution < -0.4 is 10.9 Å². The first-order chi connectivity index (χ1) is 14.9. The molecular weight excluding hydrogens is 400 g/mol. The summed E-state index contributed by atoms with van der Waals surface area (Å²) in [6.45, 7) is 1.73. The van der Waals surface area contributed by atoms with Gasteiger partial charge in [0, 0.05) is 25.4 Å². The molecule has 156 valence electrons. The van der Waals surface area contributed by atoms with Crippen molar-refractivity contribution >= 4 is 17.3 Å². The van der Waals surface area contributed by atoms with E-state index in [1.807, 2.05) is 18.2 Å². The minimum absolute atomic E-state index is 0.0698. The highest BCUT2D eigenvalue weighted by atomic mass is 16.6. The van der Waals surface area contributed by atoms with Crippen LogP contribution in [-0.2, 0) is 7.05 Å². The molecule has 1 N–H and O–H groups in total. The average Bonchev–Trinajstić information content (AvgIpc) is 3.35. The van der Waals surface area contributed by atoms with Crippen LogP contribution in [0.5, 0.6) is 0 Å². The topological polar surface area (TPSA) is 117 Å². The number of carbonyl (C=O) groups excluding carboxylic acids is 1. The van der Waals surface area contributed by atoms with Crippen LogP contribution in [0.2, 0.25) is 0 Å². The average molecular weight is 418 g/mol. The minimum Gasteiger partial charge on any atom is -0.314 e. The van der Waals surface area contributed by atoms with E-state index in [9.17, 15) is 19.7 Å². The first-order valence-electron chi connectivity index (χ1n) is 9.32. The van der Waals surface area contributed by atoms with Crippen LogP contribution in [0.4, 0.5) is 11.4 Å². The van der Waals surface area contributed by atoms with Crippen molar-refractivity contribution in [1.29, 1.82) is 0 Å². The Labute approximate surface area is 176 Å². The molecule has 10 heteroatoms. The number of para-hydroxylation sites is 1. The molecule has 2 aromatic carbocycles. The van der Waals surface area contributed by atoms with E-state index in [0.29, 0.717) is 17.1 Å². The van der Waals surface area contributed by atoms with Crippen molar-refractivity contribution in [2.24, 2.45) is 7.05 Å². The molecule has 0 aliphatic rings. The number of anilines is 1. The standard InChI is InChI=1S/C21H18N6O4/c1-14-19(21(29)26(24(14)2)15-7-4-3-5-8-15)22-20(28)18-11-12-25(23-18)16-9-6-10-17(13-16)27(30)31/h3-13H,1-2H3,(H,22,28). The largest absolute Gasteiger partial charge is 0.314 e. The molecule has 0 aliphatic carbocycles. The maximum Gasteiger partial charge on any atom is 0.295 e. The van der Waals surface area contributed by atoms with Crippen molar-refractivity contribution in [2.45, 2.75) is 6.92 Å². The van der Waals surface area contributed by atoms with Gasteiger partial charge in [-0.3, -0.25) is 24.4 Å². The summed E-state index contributed by atoms with van der Waals surface area (Å²) in [6, 6.07) is 16.5. The summed E-state index contributed by atoms with van der Waals surface area (Å²) in [6.07, 6.45) is 1.52. The van der Waals surface area contributed by atoms with Gasteiger partial charge in [0.05, 0.1) is 22.0 Å². The van der Waals surface area contributed by atoms with Crippen LogP contribution in [0.15, 0.2) is 71.7 Å². The number of hydrogen-bond acceptors (Lipinski definition) is 5. The molecule has 0 atom stereocenters. The van der Waals surface area contributed by atoms with Crippen LogP contribution in [-0.4, -0.2) is 30.0 Å². The molecule has 1 amide bonds. The molecular formula is C21H18N6O4. The number of nitrogens with zero attached hydrogens (tertiary/aromatic N) is 5. The highest BCUT2D eigenvalue weighted by Gasteiger charge is 2.20. The van der Waals surface area contributed by atoms with Crippen molar-refractivity contribution in [3.63, 3.8) is 0 Å². The highest BCUT2D eigenvalue weighted by molar-refractivity contribution is 6.03. The molecule has 0 fully saturated rings. The van der Waals surface area contributed by atoms with Gasteiger partial charge in [-0.1, -0.05) is 24.3 Å². The molecule has 4 aromatic rings. The number of non-ortho nitro benzene ring substituents is 1. The predicted octanol–water partition coefficient (Wildman–Crippen LogP) is 2.83. The summed E-state index contributed by atoms with van der Waals surface area (Å²) in [7, 11) is 1.73. The molecule has 2 heterocycles. The van der Waals surface area contributed by atoms with Gasteiger partial charge in [-0.25, -0.2) is 9.36 Å². The Hall–Kier alpha value is -4.47. The summed E-state index contributed by atoms with van der Waals surface area (Å²) in [5, 5.41) is 17.8. The van der Waals surface area contributed by atoms with Crippen molar-refractivity contribution in [3.8, 4) is 11.4 Å². The number of hydrogen-bond donors (Lipinski definition) is 1. The van der Waals surface area contributed by atoms with Gasteiger partial charge in [-0.15, -0.1) is 0 Å². The number of nitro groups is 1. The fourth-order valence-electron chi connectivity index (χ4n) is 3.23. The van der Waals surface area contributed by atoms with Crippen LogP contribution in [0.25, 0.3) is 11.4 Å². The second-order valence-corrected chi connectivity index (χ2v) is 6.81. The Kier molecular flexibility index (Phi) is 4.96. The van der Waals surface area contributed by atoms with Gasteiger partial charge in [0.2, 0.25) is 0 Å². The van der Waals surface area contributed by atoms with Gasteiger partial charge in [0.15, 0.2) is 5.69 Å². The van der Waals surface area contributed by atoms with E-state index in [2.05, 4.69) is 10.4 Å². The lowest BCUT2D eigenvalue weighted by Crippen LogP contribution is -2.23. The predicted molar refractivity (Wildman–Crippen MR) is 114 cm³/mol. The molecule has 31 heavy (non-hydrogen) atoms. The number of nitro benzene ring substituents is 1. The Morgan fingerprint density at radius 1 is 1.06 bits per heavy atom. The molecule has 4 rings (SSSR count). The Morgan fingerprint density at radius 3 is 2.48 bits per heavy atom. The zero-order valence-electron chi connectivity index (χ0n) is 16.7. The first-order valence-corrected chi connectivity index (χ1v) is 9.32. The van der Waals surface area contributed by atoms with Crippen LogP contribution in [0.1, 0.15) is 16.2 Å². The lowest BCUT2D eigenvalue weighted by atomic mass is 10.3. The number of carbonyl (C=O) groups is 1. The SMILES string of the molecule is Cc1c(NC(=O)c2ccn(-c3cccc([N+](=O)[O-])c3)n2)c(=O)n(-c2ccccc2)n1C. The van der Waals surface area contributed by atoms with E-state index in [-0.39, 0.29) is 22.6 Å². The summed E-state index contributed by atoms with van der Waals surface area (Å²) in [5.41, 5.74) is 1.48. The number of amides is 1. The minimum atomic E-state index is -0.560. The smallest absolute Gasteiger partial charge is 0.295 e. The van der Waals surface area contributed by atoms with Gasteiger partial charge in [-0.2, -0.15) is 5.10 Å². The summed E-state index contributed by atoms with van der Waals surface area (Å²) in [5.74, 6) is -0.560. The summed E-state index contributed by atoms with van der Waals surface area (Å²) >= 11 is 0. The van der Waals surface area contributed by atoms with Crippen LogP contribution >= 0.6 is 0 Å². The molecule has 0 bridgehead atoms. The van der Waals surface area contributed by atoms with Crippen LogP contribution in [0, 0.1) is 17.0 Å². The van der Waals surface area contributed by atoms with Crippen molar-refractivity contribution in [3.05, 3.63) is 98.7 Å². The van der Waals surface area contributed by atoms with Gasteiger partial charge in [-0.05, 0) is 31.2 Å². The maximum absolute atomic E-state index is 12.9. The fraction of sp³-hybridized carbons (Fsp3) is 0.0952. The van der Waals surface area contributed by atoms with Crippen LogP contribution in [0.3, 0.4) is 0 Å². The molecule has 0 radical (unpaired) electrons. The molecule has 0 saturated heterocycles. The molecule has 10 nitrogen and oxygen atoms in total. The van der Waals surface area contributed by atoms with Crippen molar-refractivity contribution in [2.75, 3.05) is 5.32 Å². The third-order valence-corrected chi connectivity index (χ3v) is 4.92. The van der Waals surface area contributed by atoms with E-state index in [4.69, 9.17) is 0 Å². The summed E-state index contributed by atoms with van der Waals surface area (Å²) in [4.78, 5) is 36.2. The molecule has 0 saturated carbocycles. The summed E-state index contributed by atoms with van der Waals surface area (Å²) < 4.78 is 4.49. The van der Waals surface area contributed by atoms with Gasteiger partial charge in [0.25, 0.3) is 17.2 Å².